The number of rotatable bonds is 6. The van der Waals surface area contributed by atoms with E-state index in [9.17, 15) is 9.90 Å². The van der Waals surface area contributed by atoms with Crippen molar-refractivity contribution in [2.75, 3.05) is 18.0 Å². The summed E-state index contributed by atoms with van der Waals surface area (Å²) in [6.07, 6.45) is 7.81. The molecule has 0 radical (unpaired) electrons. The first kappa shape index (κ1) is 16.6. The second-order valence-corrected chi connectivity index (χ2v) is 6.55. The van der Waals surface area contributed by atoms with E-state index in [2.05, 4.69) is 12.2 Å². The fraction of sp³-hybridized carbons (Fsp3) is 0.588. The summed E-state index contributed by atoms with van der Waals surface area (Å²) in [4.78, 5) is 11.3. The van der Waals surface area contributed by atoms with Crippen LogP contribution in [0.4, 0.5) is 11.4 Å². The zero-order valence-corrected chi connectivity index (χ0v) is 13.3. The van der Waals surface area contributed by atoms with Crippen molar-refractivity contribution in [2.24, 2.45) is 0 Å². The molecule has 0 heterocycles. The van der Waals surface area contributed by atoms with Crippen molar-refractivity contribution in [1.82, 2.24) is 5.32 Å². The molecule has 1 saturated carbocycles. The monoisotopic (exact) mass is 305 g/mol. The maximum Gasteiger partial charge on any atom is 0.336 e. The van der Waals surface area contributed by atoms with Crippen LogP contribution in [0.2, 0.25) is 0 Å². The van der Waals surface area contributed by atoms with Crippen molar-refractivity contribution in [3.8, 4) is 0 Å². The SMILES string of the molecule is CC1(NCCCc2c(C(=O)O)ccc(N)c2N)CCCCC1. The predicted octanol–water partition coefficient (Wildman–Crippen LogP) is 2.79. The summed E-state index contributed by atoms with van der Waals surface area (Å²) >= 11 is 0. The molecule has 1 fully saturated rings. The number of carboxylic acid groups (broad SMARTS) is 1. The van der Waals surface area contributed by atoms with Gasteiger partial charge in [-0.1, -0.05) is 19.3 Å². The lowest BCUT2D eigenvalue weighted by Crippen LogP contribution is -2.44. The van der Waals surface area contributed by atoms with Gasteiger partial charge in [0.2, 0.25) is 0 Å². The Bertz CT molecular complexity index is 537. The van der Waals surface area contributed by atoms with E-state index in [1.54, 1.807) is 12.1 Å². The molecule has 5 nitrogen and oxygen atoms in total. The molecule has 0 spiro atoms. The number of nitrogens with one attached hydrogen (secondary N) is 1. The number of carbonyl (C=O) groups is 1. The molecule has 122 valence electrons. The highest BCUT2D eigenvalue weighted by atomic mass is 16.4. The number of hydrogen-bond acceptors (Lipinski definition) is 4. The Labute approximate surface area is 132 Å². The van der Waals surface area contributed by atoms with E-state index in [1.807, 2.05) is 0 Å². The average Bonchev–Trinajstić information content (AvgIpc) is 2.48. The van der Waals surface area contributed by atoms with Gasteiger partial charge in [0.1, 0.15) is 0 Å². The number of nitrogens with two attached hydrogens (primary N) is 2. The van der Waals surface area contributed by atoms with E-state index >= 15 is 0 Å². The minimum Gasteiger partial charge on any atom is -0.478 e. The van der Waals surface area contributed by atoms with Crippen LogP contribution in [-0.2, 0) is 6.42 Å². The molecule has 0 saturated heterocycles. The Balaban J connectivity index is 1.94. The Morgan fingerprint density at radius 1 is 1.27 bits per heavy atom. The maximum absolute atomic E-state index is 11.3. The first-order chi connectivity index (χ1) is 10.4. The molecule has 0 atom stereocenters. The fourth-order valence-corrected chi connectivity index (χ4v) is 3.32. The zero-order chi connectivity index (χ0) is 16.2. The molecular formula is C17H27N3O2. The van der Waals surface area contributed by atoms with Crippen molar-refractivity contribution < 1.29 is 9.90 Å². The third-order valence-corrected chi connectivity index (χ3v) is 4.73. The summed E-state index contributed by atoms with van der Waals surface area (Å²) < 4.78 is 0. The fourth-order valence-electron chi connectivity index (χ4n) is 3.32. The lowest BCUT2D eigenvalue weighted by atomic mass is 9.83. The summed E-state index contributed by atoms with van der Waals surface area (Å²) in [5.74, 6) is -0.950. The van der Waals surface area contributed by atoms with Gasteiger partial charge in [-0.25, -0.2) is 4.79 Å². The third kappa shape index (κ3) is 3.91. The van der Waals surface area contributed by atoms with Crippen LogP contribution in [-0.4, -0.2) is 23.2 Å². The van der Waals surface area contributed by atoms with E-state index in [0.29, 0.717) is 23.4 Å². The van der Waals surface area contributed by atoms with Crippen molar-refractivity contribution in [3.63, 3.8) is 0 Å². The number of hydrogen-bond donors (Lipinski definition) is 4. The largest absolute Gasteiger partial charge is 0.478 e. The summed E-state index contributed by atoms with van der Waals surface area (Å²) in [5.41, 5.74) is 13.8. The minimum atomic E-state index is -0.950. The molecule has 1 aliphatic carbocycles. The van der Waals surface area contributed by atoms with Crippen LogP contribution in [0.1, 0.15) is 61.4 Å². The van der Waals surface area contributed by atoms with Gasteiger partial charge in [-0.2, -0.15) is 0 Å². The van der Waals surface area contributed by atoms with Gasteiger partial charge >= 0.3 is 5.97 Å². The molecule has 2 rings (SSSR count). The second kappa shape index (κ2) is 7.01. The molecule has 22 heavy (non-hydrogen) atoms. The Morgan fingerprint density at radius 2 is 1.95 bits per heavy atom. The van der Waals surface area contributed by atoms with Gasteiger partial charge in [-0.3, -0.25) is 0 Å². The van der Waals surface area contributed by atoms with Crippen molar-refractivity contribution in [1.29, 1.82) is 0 Å². The molecule has 1 aromatic carbocycles. The van der Waals surface area contributed by atoms with Crippen LogP contribution in [0.3, 0.4) is 0 Å². The number of nitrogen functional groups attached to an aromatic ring is 2. The van der Waals surface area contributed by atoms with Crippen LogP contribution >= 0.6 is 0 Å². The van der Waals surface area contributed by atoms with Gasteiger partial charge in [-0.05, 0) is 56.8 Å². The lowest BCUT2D eigenvalue weighted by Gasteiger charge is -2.34. The third-order valence-electron chi connectivity index (χ3n) is 4.73. The molecule has 1 aliphatic rings. The van der Waals surface area contributed by atoms with E-state index < -0.39 is 5.97 Å². The molecule has 5 heteroatoms. The number of aromatic carboxylic acids is 1. The Morgan fingerprint density at radius 3 is 2.59 bits per heavy atom. The number of anilines is 2. The van der Waals surface area contributed by atoms with E-state index in [0.717, 1.165) is 13.0 Å². The van der Waals surface area contributed by atoms with Crippen LogP contribution in [0.25, 0.3) is 0 Å². The van der Waals surface area contributed by atoms with Gasteiger partial charge in [0.15, 0.2) is 0 Å². The molecule has 0 amide bonds. The highest BCUT2D eigenvalue weighted by Gasteiger charge is 2.25. The van der Waals surface area contributed by atoms with Crippen molar-refractivity contribution >= 4 is 17.3 Å². The average molecular weight is 305 g/mol. The molecule has 1 aromatic rings. The maximum atomic E-state index is 11.3. The first-order valence-electron chi connectivity index (χ1n) is 8.08. The van der Waals surface area contributed by atoms with E-state index in [-0.39, 0.29) is 11.1 Å². The highest BCUT2D eigenvalue weighted by molar-refractivity contribution is 5.93. The highest BCUT2D eigenvalue weighted by Crippen LogP contribution is 2.28. The Hall–Kier alpha value is -1.75. The van der Waals surface area contributed by atoms with Crippen LogP contribution in [0.5, 0.6) is 0 Å². The van der Waals surface area contributed by atoms with E-state index in [4.69, 9.17) is 11.5 Å². The molecule has 6 N–H and O–H groups in total. The van der Waals surface area contributed by atoms with E-state index in [1.165, 1.54) is 32.1 Å². The summed E-state index contributed by atoms with van der Waals surface area (Å²) in [7, 11) is 0. The summed E-state index contributed by atoms with van der Waals surface area (Å²) in [6.45, 7) is 3.15. The van der Waals surface area contributed by atoms with Crippen LogP contribution in [0, 0.1) is 0 Å². The second-order valence-electron chi connectivity index (χ2n) is 6.55. The number of benzene rings is 1. The standard InChI is InChI=1S/C17H27N3O2/c1-17(9-3-2-4-10-17)20-11-5-6-12-13(16(21)22)7-8-14(18)15(12)19/h7-8,20H,2-6,9-11,18-19H2,1H3,(H,21,22). The van der Waals surface area contributed by atoms with Crippen molar-refractivity contribution in [3.05, 3.63) is 23.3 Å². The number of carboxylic acids is 1. The first-order valence-corrected chi connectivity index (χ1v) is 8.08. The molecule has 0 aliphatic heterocycles. The minimum absolute atomic E-state index is 0.231. The van der Waals surface area contributed by atoms with Gasteiger partial charge in [0.25, 0.3) is 0 Å². The quantitative estimate of drug-likeness (QED) is 0.478. The Kier molecular flexibility index (Phi) is 5.29. The van der Waals surface area contributed by atoms with Gasteiger partial charge < -0.3 is 21.9 Å². The molecule has 0 aromatic heterocycles. The lowest BCUT2D eigenvalue weighted by molar-refractivity contribution is 0.0695. The summed E-state index contributed by atoms with van der Waals surface area (Å²) in [5, 5.41) is 12.9. The van der Waals surface area contributed by atoms with Crippen molar-refractivity contribution in [2.45, 2.75) is 57.4 Å². The molecule has 0 bridgehead atoms. The van der Waals surface area contributed by atoms with Crippen LogP contribution in [0.15, 0.2) is 12.1 Å². The predicted molar refractivity (Wildman–Crippen MR) is 90.0 cm³/mol. The summed E-state index contributed by atoms with van der Waals surface area (Å²) in [6, 6.07) is 3.10. The normalized spacial score (nSPS) is 17.3. The van der Waals surface area contributed by atoms with Gasteiger partial charge in [-0.15, -0.1) is 0 Å². The molecular weight excluding hydrogens is 278 g/mol. The molecule has 0 unspecified atom stereocenters. The topological polar surface area (TPSA) is 101 Å². The zero-order valence-electron chi connectivity index (χ0n) is 13.3. The van der Waals surface area contributed by atoms with Gasteiger partial charge in [0, 0.05) is 5.54 Å². The van der Waals surface area contributed by atoms with Crippen LogP contribution < -0.4 is 16.8 Å². The van der Waals surface area contributed by atoms with Gasteiger partial charge in [0.05, 0.1) is 16.9 Å². The smallest absolute Gasteiger partial charge is 0.336 e.